The number of aliphatic hydroxyl groups excluding tert-OH is 1. The van der Waals surface area contributed by atoms with Crippen LogP contribution in [0.1, 0.15) is 169 Å². The van der Waals surface area contributed by atoms with Crippen molar-refractivity contribution in [1.29, 1.82) is 0 Å². The SMILES string of the molecule is CCCCCCCCCCCC(=O)C(CC)(NC(O)CC)C(=O)CCCCCCCCCCC. The topological polar surface area (TPSA) is 66.4 Å². The summed E-state index contributed by atoms with van der Waals surface area (Å²) >= 11 is 0. The first-order valence-corrected chi connectivity index (χ1v) is 15.0. The molecule has 0 aliphatic rings. The summed E-state index contributed by atoms with van der Waals surface area (Å²) in [6.45, 7) is 8.25. The number of hydrogen-bond acceptors (Lipinski definition) is 4. The van der Waals surface area contributed by atoms with Crippen molar-refractivity contribution >= 4 is 11.6 Å². The third kappa shape index (κ3) is 15.3. The summed E-state index contributed by atoms with van der Waals surface area (Å²) in [6, 6.07) is 0. The molecule has 0 aliphatic carbocycles. The molecule has 0 saturated carbocycles. The molecule has 0 aromatic rings. The van der Waals surface area contributed by atoms with Crippen LogP contribution in [-0.4, -0.2) is 28.4 Å². The molecule has 0 rings (SSSR count). The summed E-state index contributed by atoms with van der Waals surface area (Å²) < 4.78 is 0. The molecule has 1 unspecified atom stereocenters. The number of hydrogen-bond donors (Lipinski definition) is 2. The molecule has 0 fully saturated rings. The summed E-state index contributed by atoms with van der Waals surface area (Å²) in [5, 5.41) is 13.3. The van der Waals surface area contributed by atoms with Crippen LogP contribution in [0.25, 0.3) is 0 Å². The van der Waals surface area contributed by atoms with Gasteiger partial charge in [-0.3, -0.25) is 14.9 Å². The van der Waals surface area contributed by atoms with E-state index in [-0.39, 0.29) is 11.6 Å². The Morgan fingerprint density at radius 2 is 0.912 bits per heavy atom. The van der Waals surface area contributed by atoms with Crippen molar-refractivity contribution in [3.8, 4) is 0 Å². The molecule has 0 aromatic heterocycles. The second-order valence-corrected chi connectivity index (χ2v) is 10.3. The smallest absolute Gasteiger partial charge is 0.160 e. The van der Waals surface area contributed by atoms with E-state index in [4.69, 9.17) is 0 Å². The predicted octanol–water partition coefficient (Wildman–Crippen LogP) is 8.43. The molecule has 0 radical (unpaired) electrons. The van der Waals surface area contributed by atoms with E-state index in [1.54, 1.807) is 0 Å². The summed E-state index contributed by atoms with van der Waals surface area (Å²) in [5.74, 6) is -0.0438. The average molecular weight is 482 g/mol. The molecule has 0 saturated heterocycles. The number of ketones is 2. The van der Waals surface area contributed by atoms with Gasteiger partial charge in [0.05, 0.1) is 0 Å². The highest BCUT2D eigenvalue weighted by Gasteiger charge is 2.43. The summed E-state index contributed by atoms with van der Waals surface area (Å²) in [6.07, 6.45) is 22.6. The molecule has 2 N–H and O–H groups in total. The predicted molar refractivity (Wildman–Crippen MR) is 146 cm³/mol. The Hall–Kier alpha value is -0.740. The number of carbonyl (C=O) groups is 2. The first-order chi connectivity index (χ1) is 16.5. The van der Waals surface area contributed by atoms with Gasteiger partial charge in [0, 0.05) is 12.8 Å². The Bertz CT molecular complexity index is 457. The number of nitrogens with one attached hydrogen (secondary N) is 1. The van der Waals surface area contributed by atoms with E-state index >= 15 is 0 Å². The zero-order valence-electron chi connectivity index (χ0n) is 23.4. The Morgan fingerprint density at radius 1 is 0.588 bits per heavy atom. The van der Waals surface area contributed by atoms with E-state index in [1.165, 1.54) is 77.0 Å². The minimum absolute atomic E-state index is 0.0219. The zero-order valence-corrected chi connectivity index (χ0v) is 23.4. The third-order valence-electron chi connectivity index (χ3n) is 7.30. The van der Waals surface area contributed by atoms with Gasteiger partial charge in [0.2, 0.25) is 0 Å². The first-order valence-electron chi connectivity index (χ1n) is 15.0. The van der Waals surface area contributed by atoms with E-state index in [9.17, 15) is 14.7 Å². The lowest BCUT2D eigenvalue weighted by Gasteiger charge is -2.33. The number of unbranched alkanes of at least 4 members (excludes halogenated alkanes) is 16. The van der Waals surface area contributed by atoms with Crippen molar-refractivity contribution in [3.63, 3.8) is 0 Å². The second-order valence-electron chi connectivity index (χ2n) is 10.3. The van der Waals surface area contributed by atoms with E-state index in [0.717, 1.165) is 38.5 Å². The second kappa shape index (κ2) is 22.7. The van der Waals surface area contributed by atoms with Gasteiger partial charge in [-0.25, -0.2) is 0 Å². The summed E-state index contributed by atoms with van der Waals surface area (Å²) in [5.41, 5.74) is -1.21. The summed E-state index contributed by atoms with van der Waals surface area (Å²) in [4.78, 5) is 26.5. The minimum atomic E-state index is -1.21. The molecule has 0 spiro atoms. The van der Waals surface area contributed by atoms with Crippen molar-refractivity contribution in [1.82, 2.24) is 5.32 Å². The molecule has 0 heterocycles. The van der Waals surface area contributed by atoms with Crippen LogP contribution >= 0.6 is 0 Å². The van der Waals surface area contributed by atoms with Gasteiger partial charge in [0.15, 0.2) is 11.6 Å². The summed E-state index contributed by atoms with van der Waals surface area (Å²) in [7, 11) is 0. The van der Waals surface area contributed by atoms with Crippen LogP contribution in [0, 0.1) is 0 Å². The molecular formula is C30H59NO3. The van der Waals surface area contributed by atoms with Crippen LogP contribution in [0.5, 0.6) is 0 Å². The van der Waals surface area contributed by atoms with E-state index in [1.807, 2.05) is 13.8 Å². The maximum absolute atomic E-state index is 13.3. The Morgan fingerprint density at radius 3 is 1.21 bits per heavy atom. The lowest BCUT2D eigenvalue weighted by molar-refractivity contribution is -0.139. The highest BCUT2D eigenvalue weighted by Crippen LogP contribution is 2.23. The van der Waals surface area contributed by atoms with E-state index in [0.29, 0.717) is 25.7 Å². The Labute approximate surface area is 212 Å². The minimum Gasteiger partial charge on any atom is -0.379 e. The lowest BCUT2D eigenvalue weighted by atomic mass is 9.81. The molecule has 4 nitrogen and oxygen atoms in total. The van der Waals surface area contributed by atoms with Gasteiger partial charge < -0.3 is 5.11 Å². The number of Topliss-reactive ketones (excluding diaryl/α,β-unsaturated/α-hetero) is 2. The molecular weight excluding hydrogens is 422 g/mol. The van der Waals surface area contributed by atoms with Gasteiger partial charge in [0.1, 0.15) is 11.8 Å². The van der Waals surface area contributed by atoms with Crippen molar-refractivity contribution in [2.45, 2.75) is 181 Å². The van der Waals surface area contributed by atoms with Gasteiger partial charge in [-0.1, -0.05) is 130 Å². The molecule has 0 aliphatic heterocycles. The number of carbonyl (C=O) groups excluding carboxylic acids is 2. The quantitative estimate of drug-likeness (QED) is 0.0739. The van der Waals surface area contributed by atoms with Crippen molar-refractivity contribution < 1.29 is 14.7 Å². The maximum Gasteiger partial charge on any atom is 0.160 e. The van der Waals surface area contributed by atoms with Crippen LogP contribution in [0.2, 0.25) is 0 Å². The average Bonchev–Trinajstić information content (AvgIpc) is 2.84. The fourth-order valence-corrected chi connectivity index (χ4v) is 4.82. The zero-order chi connectivity index (χ0) is 25.5. The van der Waals surface area contributed by atoms with Gasteiger partial charge in [-0.05, 0) is 25.7 Å². The van der Waals surface area contributed by atoms with Crippen LogP contribution in [0.4, 0.5) is 0 Å². The number of aliphatic hydroxyl groups is 1. The fourth-order valence-electron chi connectivity index (χ4n) is 4.82. The molecule has 0 bridgehead atoms. The molecule has 0 amide bonds. The standard InChI is InChI=1S/C30H59NO3/c1-5-9-11-13-15-17-19-21-23-25-27(32)30(8-4,31-29(34)7-3)28(33)26-24-22-20-18-16-14-12-10-6-2/h29,31,34H,5-26H2,1-4H3. The normalized spacial score (nSPS) is 12.7. The molecule has 1 atom stereocenters. The van der Waals surface area contributed by atoms with Crippen molar-refractivity contribution in [3.05, 3.63) is 0 Å². The van der Waals surface area contributed by atoms with Crippen molar-refractivity contribution in [2.75, 3.05) is 0 Å². The molecule has 4 heteroatoms. The van der Waals surface area contributed by atoms with Gasteiger partial charge in [0.25, 0.3) is 0 Å². The molecule has 202 valence electrons. The van der Waals surface area contributed by atoms with Gasteiger partial charge in [-0.15, -0.1) is 0 Å². The molecule has 34 heavy (non-hydrogen) atoms. The van der Waals surface area contributed by atoms with Crippen LogP contribution < -0.4 is 5.32 Å². The van der Waals surface area contributed by atoms with Gasteiger partial charge >= 0.3 is 0 Å². The van der Waals surface area contributed by atoms with Crippen molar-refractivity contribution in [2.24, 2.45) is 0 Å². The van der Waals surface area contributed by atoms with E-state index in [2.05, 4.69) is 19.2 Å². The fraction of sp³-hybridized carbons (Fsp3) is 0.933. The van der Waals surface area contributed by atoms with Crippen LogP contribution in [-0.2, 0) is 9.59 Å². The Kier molecular flexibility index (Phi) is 22.2. The van der Waals surface area contributed by atoms with Crippen LogP contribution in [0.3, 0.4) is 0 Å². The lowest BCUT2D eigenvalue weighted by Crippen LogP contribution is -2.60. The highest BCUT2D eigenvalue weighted by atomic mass is 16.3. The number of rotatable bonds is 26. The monoisotopic (exact) mass is 481 g/mol. The molecule has 0 aromatic carbocycles. The highest BCUT2D eigenvalue weighted by molar-refractivity contribution is 6.11. The maximum atomic E-state index is 13.3. The third-order valence-corrected chi connectivity index (χ3v) is 7.30. The Balaban J connectivity index is 4.49. The van der Waals surface area contributed by atoms with Crippen LogP contribution in [0.15, 0.2) is 0 Å². The van der Waals surface area contributed by atoms with E-state index < -0.39 is 11.8 Å². The van der Waals surface area contributed by atoms with Gasteiger partial charge in [-0.2, -0.15) is 0 Å². The largest absolute Gasteiger partial charge is 0.379 e. The first kappa shape index (κ1) is 33.3.